The Morgan fingerprint density at radius 3 is 2.41 bits per heavy atom. The van der Waals surface area contributed by atoms with Crippen LogP contribution in [0.5, 0.6) is 0 Å². The van der Waals surface area contributed by atoms with Crippen molar-refractivity contribution in [2.45, 2.75) is 6.61 Å². The fourth-order valence-corrected chi connectivity index (χ4v) is 1.57. The Morgan fingerprint density at radius 1 is 1.18 bits per heavy atom. The Kier molecular flexibility index (Phi) is 7.50. The van der Waals surface area contributed by atoms with Gasteiger partial charge in [0.1, 0.15) is 18.1 Å². The fraction of sp³-hybridized carbons (Fsp3) is 0.235. The molecule has 0 fully saturated rings. The lowest BCUT2D eigenvalue weighted by Gasteiger charge is -2.08. The topological polar surface area (TPSA) is 65.0 Å². The summed E-state index contributed by atoms with van der Waals surface area (Å²) >= 11 is 0. The van der Waals surface area contributed by atoms with Crippen LogP contribution in [-0.2, 0) is 25.6 Å². The quantitative estimate of drug-likeness (QED) is 0.432. The maximum atomic E-state index is 11.2. The van der Waals surface area contributed by atoms with Crippen LogP contribution in [0.4, 0.5) is 0 Å². The number of allylic oxidation sites excluding steroid dienone is 1. The Labute approximate surface area is 130 Å². The highest BCUT2D eigenvalue weighted by atomic mass is 16.5. The molecule has 0 saturated heterocycles. The van der Waals surface area contributed by atoms with Crippen molar-refractivity contribution < 1.29 is 24.1 Å². The van der Waals surface area contributed by atoms with Gasteiger partial charge in [0.05, 0.1) is 26.4 Å². The number of rotatable bonds is 9. The zero-order chi connectivity index (χ0) is 16.4. The van der Waals surface area contributed by atoms with Gasteiger partial charge in [-0.2, -0.15) is 0 Å². The minimum Gasteiger partial charge on any atom is -0.499 e. The monoisotopic (exact) mass is 304 g/mol. The lowest BCUT2D eigenvalue weighted by atomic mass is 10.2. The maximum Gasteiger partial charge on any atom is 0.335 e. The summed E-state index contributed by atoms with van der Waals surface area (Å²) in [6.45, 7) is 4.14. The first kappa shape index (κ1) is 17.5. The largest absolute Gasteiger partial charge is 0.499 e. The van der Waals surface area contributed by atoms with Gasteiger partial charge < -0.3 is 19.3 Å². The van der Waals surface area contributed by atoms with Gasteiger partial charge in [0, 0.05) is 0 Å². The molecule has 0 aromatic heterocycles. The van der Waals surface area contributed by atoms with Crippen LogP contribution < -0.4 is 0 Å². The van der Waals surface area contributed by atoms with Crippen molar-refractivity contribution >= 4 is 5.97 Å². The highest BCUT2D eigenvalue weighted by Crippen LogP contribution is 2.10. The predicted molar refractivity (Wildman–Crippen MR) is 83.1 cm³/mol. The summed E-state index contributed by atoms with van der Waals surface area (Å²) in [5.74, 6) is -0.460. The van der Waals surface area contributed by atoms with E-state index < -0.39 is 5.97 Å². The zero-order valence-electron chi connectivity index (χ0n) is 12.7. The van der Waals surface area contributed by atoms with Crippen molar-refractivity contribution in [2.24, 2.45) is 0 Å². The van der Waals surface area contributed by atoms with Crippen molar-refractivity contribution in [3.8, 4) is 0 Å². The van der Waals surface area contributed by atoms with Crippen LogP contribution in [0, 0.1) is 0 Å². The molecule has 22 heavy (non-hydrogen) atoms. The number of hydrogen-bond acceptors (Lipinski definition) is 4. The molecule has 0 heterocycles. The van der Waals surface area contributed by atoms with Crippen LogP contribution in [0.3, 0.4) is 0 Å². The average molecular weight is 304 g/mol. The van der Waals surface area contributed by atoms with Crippen molar-refractivity contribution in [3.05, 3.63) is 71.7 Å². The number of methoxy groups -OCH3 is 2. The van der Waals surface area contributed by atoms with Gasteiger partial charge in [-0.3, -0.25) is 0 Å². The summed E-state index contributed by atoms with van der Waals surface area (Å²) in [4.78, 5) is 11.2. The molecular weight excluding hydrogens is 284 g/mol. The van der Waals surface area contributed by atoms with Gasteiger partial charge >= 0.3 is 5.97 Å². The molecule has 1 rings (SSSR count). The second-order valence-electron chi connectivity index (χ2n) is 4.37. The van der Waals surface area contributed by atoms with Crippen molar-refractivity contribution in [1.82, 2.24) is 0 Å². The molecule has 5 nitrogen and oxygen atoms in total. The highest BCUT2D eigenvalue weighted by Gasteiger charge is 2.08. The molecule has 0 amide bonds. The Hall–Kier alpha value is -2.53. The van der Waals surface area contributed by atoms with E-state index in [1.54, 1.807) is 0 Å². The van der Waals surface area contributed by atoms with Crippen LogP contribution in [0.2, 0.25) is 0 Å². The minimum absolute atomic E-state index is 0.00649. The molecule has 0 saturated carbocycles. The zero-order valence-corrected chi connectivity index (χ0v) is 12.7. The number of hydrogen-bond donors (Lipinski definition) is 1. The Bertz CT molecular complexity index is 558. The molecule has 1 aromatic rings. The normalized spacial score (nSPS) is 11.9. The van der Waals surface area contributed by atoms with Gasteiger partial charge in [-0.1, -0.05) is 36.9 Å². The predicted octanol–water partition coefficient (Wildman–Crippen LogP) is 2.90. The smallest absolute Gasteiger partial charge is 0.335 e. The number of benzene rings is 1. The van der Waals surface area contributed by atoms with Crippen LogP contribution in [0.1, 0.15) is 5.56 Å². The summed E-state index contributed by atoms with van der Waals surface area (Å²) in [7, 11) is 2.88. The molecule has 0 aliphatic rings. The van der Waals surface area contributed by atoms with E-state index in [0.29, 0.717) is 12.4 Å². The lowest BCUT2D eigenvalue weighted by molar-refractivity contribution is -0.132. The van der Waals surface area contributed by atoms with E-state index in [1.807, 2.05) is 30.3 Å². The summed E-state index contributed by atoms with van der Waals surface area (Å²) < 4.78 is 15.5. The highest BCUT2D eigenvalue weighted by molar-refractivity contribution is 5.90. The molecule has 0 aliphatic heterocycles. The van der Waals surface area contributed by atoms with Gasteiger partial charge in [0.2, 0.25) is 0 Å². The first-order valence-electron chi connectivity index (χ1n) is 6.61. The van der Waals surface area contributed by atoms with Crippen molar-refractivity contribution in [3.63, 3.8) is 0 Å². The first-order valence-corrected chi connectivity index (χ1v) is 6.61. The third kappa shape index (κ3) is 6.28. The maximum absolute atomic E-state index is 11.2. The molecule has 1 N–H and O–H groups in total. The number of aliphatic carboxylic acids is 1. The van der Waals surface area contributed by atoms with Gasteiger partial charge in [0.15, 0.2) is 0 Å². The van der Waals surface area contributed by atoms with E-state index in [4.69, 9.17) is 19.3 Å². The third-order valence-corrected chi connectivity index (χ3v) is 2.76. The molecule has 0 atom stereocenters. The number of carboxylic acid groups (broad SMARTS) is 1. The van der Waals surface area contributed by atoms with Crippen LogP contribution in [0.15, 0.2) is 66.2 Å². The molecule has 0 radical (unpaired) electrons. The van der Waals surface area contributed by atoms with Crippen molar-refractivity contribution in [1.29, 1.82) is 0 Å². The molecule has 1 aromatic carbocycles. The van der Waals surface area contributed by atoms with Crippen LogP contribution >= 0.6 is 0 Å². The molecule has 118 valence electrons. The van der Waals surface area contributed by atoms with Crippen LogP contribution in [0.25, 0.3) is 0 Å². The number of carbonyl (C=O) groups is 1. The van der Waals surface area contributed by atoms with E-state index in [9.17, 15) is 4.79 Å². The molecule has 0 aliphatic carbocycles. The molecule has 5 heteroatoms. The van der Waals surface area contributed by atoms with E-state index >= 15 is 0 Å². The summed E-state index contributed by atoms with van der Waals surface area (Å²) in [5.41, 5.74) is 1.03. The lowest BCUT2D eigenvalue weighted by Crippen LogP contribution is -2.05. The molecule has 0 unspecified atom stereocenters. The summed E-state index contributed by atoms with van der Waals surface area (Å²) in [5, 5.41) is 9.16. The summed E-state index contributed by atoms with van der Waals surface area (Å²) in [6.07, 6.45) is 2.70. The van der Waals surface area contributed by atoms with E-state index in [0.717, 1.165) is 5.56 Å². The summed E-state index contributed by atoms with van der Waals surface area (Å²) in [6, 6.07) is 9.67. The van der Waals surface area contributed by atoms with Gasteiger partial charge in [0.25, 0.3) is 0 Å². The van der Waals surface area contributed by atoms with E-state index in [1.165, 1.54) is 26.4 Å². The standard InChI is InChI=1S/C17H20O5/c1-13(20-2)9-15(17(18)19)10-16(21-3)12-22-11-14-7-5-4-6-8-14/h4-10H,1,11-12H2,2-3H3,(H,18,19)/b15-9+,16-10+. The van der Waals surface area contributed by atoms with E-state index in [-0.39, 0.29) is 17.9 Å². The first-order chi connectivity index (χ1) is 10.6. The minimum atomic E-state index is -1.10. The second kappa shape index (κ2) is 9.41. The van der Waals surface area contributed by atoms with E-state index in [2.05, 4.69) is 6.58 Å². The SMILES string of the molecule is C=C(/C=C(\C=C(/COCc1ccccc1)OC)C(=O)O)OC. The molecule has 0 bridgehead atoms. The van der Waals surface area contributed by atoms with Gasteiger partial charge in [-0.05, 0) is 17.7 Å². The Morgan fingerprint density at radius 2 is 1.86 bits per heavy atom. The van der Waals surface area contributed by atoms with Gasteiger partial charge in [-0.15, -0.1) is 0 Å². The fourth-order valence-electron chi connectivity index (χ4n) is 1.57. The third-order valence-electron chi connectivity index (χ3n) is 2.76. The number of ether oxygens (including phenoxy) is 3. The van der Waals surface area contributed by atoms with Crippen LogP contribution in [-0.4, -0.2) is 31.9 Å². The van der Waals surface area contributed by atoms with Crippen molar-refractivity contribution in [2.75, 3.05) is 20.8 Å². The molecule has 0 spiro atoms. The Balaban J connectivity index is 2.69. The average Bonchev–Trinajstić information content (AvgIpc) is 2.53. The molecular formula is C17H20O5. The van der Waals surface area contributed by atoms with Gasteiger partial charge in [-0.25, -0.2) is 4.79 Å². The number of carboxylic acids is 1. The second-order valence-corrected chi connectivity index (χ2v) is 4.37.